The van der Waals surface area contributed by atoms with E-state index in [4.69, 9.17) is 9.47 Å². The third-order valence-electron chi connectivity index (χ3n) is 5.30. The average Bonchev–Trinajstić information content (AvgIpc) is 3.52. The molecule has 1 aromatic carbocycles. The second-order valence-corrected chi connectivity index (χ2v) is 7.64. The first kappa shape index (κ1) is 22.7. The Morgan fingerprint density at radius 2 is 1.97 bits per heavy atom. The number of amides is 3. The van der Waals surface area contributed by atoms with Crippen LogP contribution in [0.4, 0.5) is 10.5 Å². The highest BCUT2D eigenvalue weighted by Gasteiger charge is 2.34. The molecule has 0 aliphatic heterocycles. The summed E-state index contributed by atoms with van der Waals surface area (Å²) in [6, 6.07) is 11.1. The highest BCUT2D eigenvalue weighted by atomic mass is 16.5. The van der Waals surface area contributed by atoms with Gasteiger partial charge in [-0.25, -0.2) is 4.79 Å². The van der Waals surface area contributed by atoms with Crippen molar-refractivity contribution in [3.8, 4) is 5.75 Å². The van der Waals surface area contributed by atoms with E-state index in [1.54, 1.807) is 19.2 Å². The van der Waals surface area contributed by atoms with Gasteiger partial charge in [-0.15, -0.1) is 0 Å². The van der Waals surface area contributed by atoms with Gasteiger partial charge in [0.25, 0.3) is 0 Å². The molecule has 0 spiro atoms. The van der Waals surface area contributed by atoms with E-state index in [-0.39, 0.29) is 24.5 Å². The molecule has 1 aromatic heterocycles. The highest BCUT2D eigenvalue weighted by Crippen LogP contribution is 2.29. The number of para-hydroxylation sites is 2. The Hall–Kier alpha value is -3.00. The molecular formula is C23H32N4O4. The number of nitrogens with one attached hydrogen (secondary N) is 1. The largest absolute Gasteiger partial charge is 0.492 e. The van der Waals surface area contributed by atoms with Crippen LogP contribution in [-0.2, 0) is 23.1 Å². The summed E-state index contributed by atoms with van der Waals surface area (Å²) in [4.78, 5) is 29.6. The molecule has 1 N–H and O–H groups in total. The van der Waals surface area contributed by atoms with E-state index >= 15 is 0 Å². The second kappa shape index (κ2) is 10.9. The van der Waals surface area contributed by atoms with E-state index < -0.39 is 0 Å². The van der Waals surface area contributed by atoms with Gasteiger partial charge in [0.2, 0.25) is 5.91 Å². The molecule has 168 valence electrons. The van der Waals surface area contributed by atoms with Gasteiger partial charge >= 0.3 is 6.03 Å². The molecule has 3 amide bonds. The maximum absolute atomic E-state index is 13.2. The molecule has 31 heavy (non-hydrogen) atoms. The van der Waals surface area contributed by atoms with Crippen molar-refractivity contribution in [2.24, 2.45) is 7.05 Å². The van der Waals surface area contributed by atoms with Gasteiger partial charge < -0.3 is 29.2 Å². The molecule has 1 saturated carbocycles. The van der Waals surface area contributed by atoms with Gasteiger partial charge in [-0.3, -0.25) is 4.79 Å². The average molecular weight is 429 g/mol. The topological polar surface area (TPSA) is 76.0 Å². The van der Waals surface area contributed by atoms with Crippen LogP contribution in [0.15, 0.2) is 42.6 Å². The number of aromatic nitrogens is 1. The maximum Gasteiger partial charge on any atom is 0.322 e. The summed E-state index contributed by atoms with van der Waals surface area (Å²) in [7, 11) is 3.55. The number of ether oxygens (including phenoxy) is 2. The quantitative estimate of drug-likeness (QED) is 0.597. The fourth-order valence-electron chi connectivity index (χ4n) is 3.40. The van der Waals surface area contributed by atoms with E-state index in [1.165, 1.54) is 4.90 Å². The van der Waals surface area contributed by atoms with Crippen molar-refractivity contribution in [1.82, 2.24) is 14.4 Å². The lowest BCUT2D eigenvalue weighted by Gasteiger charge is -2.28. The molecular weight excluding hydrogens is 396 g/mol. The first-order chi connectivity index (χ1) is 15.0. The van der Waals surface area contributed by atoms with Gasteiger partial charge in [-0.1, -0.05) is 12.1 Å². The Morgan fingerprint density at radius 3 is 2.61 bits per heavy atom. The van der Waals surface area contributed by atoms with Crippen LogP contribution in [0.1, 0.15) is 25.5 Å². The normalized spacial score (nSPS) is 13.0. The number of carbonyl (C=O) groups excluding carboxylic acids is 2. The summed E-state index contributed by atoms with van der Waals surface area (Å²) in [5, 5.41) is 2.88. The van der Waals surface area contributed by atoms with Crippen molar-refractivity contribution in [3.05, 3.63) is 48.3 Å². The summed E-state index contributed by atoms with van der Waals surface area (Å²) in [6.07, 6.45) is 3.98. The number of nitrogens with zero attached hydrogens (tertiary/aromatic N) is 3. The first-order valence-corrected chi connectivity index (χ1v) is 10.7. The molecule has 1 aliphatic carbocycles. The maximum atomic E-state index is 13.2. The van der Waals surface area contributed by atoms with Crippen LogP contribution >= 0.6 is 0 Å². The number of rotatable bonds is 11. The molecule has 0 bridgehead atoms. The predicted octanol–water partition coefficient (Wildman–Crippen LogP) is 3.10. The lowest BCUT2D eigenvalue weighted by atomic mass is 10.3. The Balaban J connectivity index is 1.70. The van der Waals surface area contributed by atoms with Gasteiger partial charge in [0, 0.05) is 38.6 Å². The molecule has 0 atom stereocenters. The van der Waals surface area contributed by atoms with Crippen molar-refractivity contribution < 1.29 is 19.1 Å². The molecule has 1 heterocycles. The second-order valence-electron chi connectivity index (χ2n) is 7.64. The molecule has 0 unspecified atom stereocenters. The summed E-state index contributed by atoms with van der Waals surface area (Å²) >= 11 is 0. The monoisotopic (exact) mass is 428 g/mol. The third kappa shape index (κ3) is 6.24. The number of anilines is 1. The van der Waals surface area contributed by atoms with Crippen LogP contribution in [0.2, 0.25) is 0 Å². The van der Waals surface area contributed by atoms with Crippen LogP contribution in [0, 0.1) is 0 Å². The van der Waals surface area contributed by atoms with Gasteiger partial charge in [0.15, 0.2) is 0 Å². The number of hydrogen-bond acceptors (Lipinski definition) is 4. The smallest absolute Gasteiger partial charge is 0.322 e. The number of urea groups is 1. The van der Waals surface area contributed by atoms with Gasteiger partial charge in [-0.2, -0.15) is 0 Å². The zero-order chi connectivity index (χ0) is 22.2. The molecule has 1 aliphatic rings. The lowest BCUT2D eigenvalue weighted by Crippen LogP contribution is -2.46. The Kier molecular flexibility index (Phi) is 7.94. The Bertz CT molecular complexity index is 878. The predicted molar refractivity (Wildman–Crippen MR) is 119 cm³/mol. The third-order valence-corrected chi connectivity index (χ3v) is 5.30. The van der Waals surface area contributed by atoms with Crippen molar-refractivity contribution in [2.45, 2.75) is 32.4 Å². The number of carbonyl (C=O) groups is 2. The fourth-order valence-corrected chi connectivity index (χ4v) is 3.40. The number of hydrogen-bond donors (Lipinski definition) is 1. The number of aryl methyl sites for hydroxylation is 1. The highest BCUT2D eigenvalue weighted by molar-refractivity contribution is 5.93. The molecule has 8 nitrogen and oxygen atoms in total. The Labute approximate surface area is 183 Å². The standard InChI is InChI=1S/C23H32N4O4/c1-4-31-21-10-6-5-9-20(21)24-23(29)26(14-15-30-3)17-22(28)27(18-11-12-18)16-19-8-7-13-25(19)2/h5-10,13,18H,4,11-12,14-17H2,1-3H3,(H,24,29). The summed E-state index contributed by atoms with van der Waals surface area (Å²) in [6.45, 7) is 3.57. The van der Waals surface area contributed by atoms with Gasteiger partial charge in [-0.05, 0) is 44.0 Å². The summed E-state index contributed by atoms with van der Waals surface area (Å²) in [5.41, 5.74) is 1.64. The lowest BCUT2D eigenvalue weighted by molar-refractivity contribution is -0.133. The molecule has 3 rings (SSSR count). The number of methoxy groups -OCH3 is 1. The van der Waals surface area contributed by atoms with Crippen LogP contribution in [0.25, 0.3) is 0 Å². The van der Waals surface area contributed by atoms with E-state index in [0.29, 0.717) is 37.7 Å². The number of benzene rings is 1. The van der Waals surface area contributed by atoms with Crippen molar-refractivity contribution in [3.63, 3.8) is 0 Å². The van der Waals surface area contributed by atoms with Crippen LogP contribution in [-0.4, -0.2) is 65.8 Å². The van der Waals surface area contributed by atoms with Crippen LogP contribution < -0.4 is 10.1 Å². The fraction of sp³-hybridized carbons (Fsp3) is 0.478. The summed E-state index contributed by atoms with van der Waals surface area (Å²) in [5.74, 6) is 0.535. The van der Waals surface area contributed by atoms with Crippen molar-refractivity contribution >= 4 is 17.6 Å². The summed E-state index contributed by atoms with van der Waals surface area (Å²) < 4.78 is 12.8. The molecule has 8 heteroatoms. The zero-order valence-corrected chi connectivity index (χ0v) is 18.5. The molecule has 1 fully saturated rings. The minimum absolute atomic E-state index is 0.00703. The van der Waals surface area contributed by atoms with Crippen LogP contribution in [0.3, 0.4) is 0 Å². The molecule has 0 radical (unpaired) electrons. The van der Waals surface area contributed by atoms with Crippen LogP contribution in [0.5, 0.6) is 5.75 Å². The van der Waals surface area contributed by atoms with Gasteiger partial charge in [0.05, 0.1) is 25.4 Å². The van der Waals surface area contributed by atoms with Crippen molar-refractivity contribution in [1.29, 1.82) is 0 Å². The van der Waals surface area contributed by atoms with E-state index in [0.717, 1.165) is 18.5 Å². The van der Waals surface area contributed by atoms with Gasteiger partial charge in [0.1, 0.15) is 12.3 Å². The minimum Gasteiger partial charge on any atom is -0.492 e. The van der Waals surface area contributed by atoms with E-state index in [2.05, 4.69) is 5.32 Å². The van der Waals surface area contributed by atoms with E-state index in [9.17, 15) is 9.59 Å². The zero-order valence-electron chi connectivity index (χ0n) is 18.5. The first-order valence-electron chi connectivity index (χ1n) is 10.7. The van der Waals surface area contributed by atoms with E-state index in [1.807, 2.05) is 53.9 Å². The van der Waals surface area contributed by atoms with Crippen molar-refractivity contribution in [2.75, 3.05) is 38.7 Å². The minimum atomic E-state index is -0.354. The molecule has 2 aromatic rings. The SMILES string of the molecule is CCOc1ccccc1NC(=O)N(CCOC)CC(=O)N(Cc1cccn1C)C1CC1. The Morgan fingerprint density at radius 1 is 1.19 bits per heavy atom. The molecule has 0 saturated heterocycles.